The van der Waals surface area contributed by atoms with E-state index >= 15 is 0 Å². The Morgan fingerprint density at radius 2 is 1.57 bits per heavy atom. The number of benzene rings is 3. The second-order valence-corrected chi connectivity index (χ2v) is 10.2. The second-order valence-electron chi connectivity index (χ2n) is 9.39. The predicted molar refractivity (Wildman–Crippen MR) is 160 cm³/mol. The van der Waals surface area contributed by atoms with Crippen molar-refractivity contribution in [1.82, 2.24) is 14.7 Å². The average Bonchev–Trinajstić information content (AvgIpc) is 3.00. The molecule has 0 radical (unpaired) electrons. The first-order valence-corrected chi connectivity index (χ1v) is 13.8. The molecule has 3 aromatic rings. The van der Waals surface area contributed by atoms with Gasteiger partial charge in [-0.15, -0.1) is 0 Å². The van der Waals surface area contributed by atoms with Crippen LogP contribution in [0.2, 0.25) is 10.0 Å². The van der Waals surface area contributed by atoms with Crippen molar-refractivity contribution >= 4 is 41.1 Å². The van der Waals surface area contributed by atoms with E-state index < -0.39 is 0 Å². The van der Waals surface area contributed by atoms with Gasteiger partial charge in [0.2, 0.25) is 0 Å². The predicted octanol–water partition coefficient (Wildman–Crippen LogP) is 5.62. The van der Waals surface area contributed by atoms with Crippen molar-refractivity contribution in [2.75, 3.05) is 60.0 Å². The summed E-state index contributed by atoms with van der Waals surface area (Å²) in [7, 11) is 3.24. The lowest BCUT2D eigenvalue weighted by Crippen LogP contribution is -2.50. The molecule has 1 saturated heterocycles. The number of ether oxygens (including phenoxy) is 2. The molecule has 0 aliphatic carbocycles. The number of nitrogens with zero attached hydrogens (tertiary/aromatic N) is 3. The lowest BCUT2D eigenvalue weighted by atomic mass is 10.1. The number of carbonyl (C=O) groups is 2. The molecular weight excluding hydrogens is 549 g/mol. The summed E-state index contributed by atoms with van der Waals surface area (Å²) in [5, 5.41) is 0.794. The van der Waals surface area contributed by atoms with E-state index in [9.17, 15) is 9.59 Å². The number of rotatable bonds is 10. The standard InChI is InChI=1S/C31H33Cl2N3O4/c1-39-26-12-9-24(10-13-26)30(37)35(15-5-7-23-6-3-4-8-29(23)40-2)19-16-34-17-20-36(21-18-34)31(38)25-11-14-27(32)28(33)22-25/h3-14,22H,15-21H2,1-2H3/b7-5+. The zero-order valence-corrected chi connectivity index (χ0v) is 24.2. The molecule has 1 heterocycles. The van der Waals surface area contributed by atoms with E-state index in [-0.39, 0.29) is 11.8 Å². The van der Waals surface area contributed by atoms with Crippen LogP contribution in [-0.2, 0) is 0 Å². The molecule has 0 bridgehead atoms. The molecule has 0 aromatic heterocycles. The summed E-state index contributed by atoms with van der Waals surface area (Å²) in [5.41, 5.74) is 2.08. The summed E-state index contributed by atoms with van der Waals surface area (Å²) in [6, 6.07) is 19.9. The zero-order valence-electron chi connectivity index (χ0n) is 22.7. The van der Waals surface area contributed by atoms with E-state index in [0.717, 1.165) is 11.3 Å². The highest BCUT2D eigenvalue weighted by molar-refractivity contribution is 6.42. The molecule has 3 aromatic carbocycles. The fourth-order valence-electron chi connectivity index (χ4n) is 4.55. The fraction of sp³-hybridized carbons (Fsp3) is 0.290. The molecule has 0 atom stereocenters. The smallest absolute Gasteiger partial charge is 0.254 e. The van der Waals surface area contributed by atoms with Crippen LogP contribution in [0.25, 0.3) is 6.08 Å². The highest BCUT2D eigenvalue weighted by Gasteiger charge is 2.24. The Morgan fingerprint density at radius 1 is 0.875 bits per heavy atom. The van der Waals surface area contributed by atoms with E-state index in [4.69, 9.17) is 32.7 Å². The van der Waals surface area contributed by atoms with Crippen molar-refractivity contribution in [3.8, 4) is 11.5 Å². The molecule has 0 spiro atoms. The number of hydrogen-bond acceptors (Lipinski definition) is 5. The van der Waals surface area contributed by atoms with Crippen molar-refractivity contribution < 1.29 is 19.1 Å². The van der Waals surface area contributed by atoms with E-state index in [0.29, 0.717) is 72.7 Å². The molecule has 9 heteroatoms. The number of methoxy groups -OCH3 is 2. The van der Waals surface area contributed by atoms with Gasteiger partial charge in [-0.1, -0.05) is 53.6 Å². The van der Waals surface area contributed by atoms with Gasteiger partial charge in [0.25, 0.3) is 11.8 Å². The number of piperazine rings is 1. The van der Waals surface area contributed by atoms with Gasteiger partial charge >= 0.3 is 0 Å². The number of halogens is 2. The minimum Gasteiger partial charge on any atom is -0.497 e. The van der Waals surface area contributed by atoms with Crippen LogP contribution >= 0.6 is 23.2 Å². The Bertz CT molecular complexity index is 1340. The Kier molecular flexibility index (Phi) is 10.5. The van der Waals surface area contributed by atoms with Crippen LogP contribution in [0, 0.1) is 0 Å². The van der Waals surface area contributed by atoms with Crippen LogP contribution in [0.3, 0.4) is 0 Å². The molecular formula is C31H33Cl2N3O4. The van der Waals surface area contributed by atoms with E-state index in [2.05, 4.69) is 4.90 Å². The minimum absolute atomic E-state index is 0.0549. The fourth-order valence-corrected chi connectivity index (χ4v) is 4.85. The molecule has 0 N–H and O–H groups in total. The van der Waals surface area contributed by atoms with Crippen molar-refractivity contribution in [1.29, 1.82) is 0 Å². The summed E-state index contributed by atoms with van der Waals surface area (Å²) in [5.74, 6) is 1.37. The third-order valence-electron chi connectivity index (χ3n) is 6.90. The quantitative estimate of drug-likeness (QED) is 0.311. The number of hydrogen-bond donors (Lipinski definition) is 0. The van der Waals surface area contributed by atoms with Gasteiger partial charge in [0.15, 0.2) is 0 Å². The summed E-state index contributed by atoms with van der Waals surface area (Å²) in [6.07, 6.45) is 3.95. The Hall–Kier alpha value is -3.52. The van der Waals surface area contributed by atoms with Gasteiger partial charge in [-0.2, -0.15) is 0 Å². The van der Waals surface area contributed by atoms with Crippen LogP contribution in [-0.4, -0.2) is 86.5 Å². The van der Waals surface area contributed by atoms with Gasteiger partial charge in [0.1, 0.15) is 11.5 Å². The minimum atomic E-state index is -0.0593. The van der Waals surface area contributed by atoms with Gasteiger partial charge in [0.05, 0.1) is 24.3 Å². The molecule has 210 valence electrons. The first kappa shape index (κ1) is 29.5. The second kappa shape index (κ2) is 14.2. The van der Waals surface area contributed by atoms with Crippen LogP contribution in [0.4, 0.5) is 0 Å². The van der Waals surface area contributed by atoms with E-state index in [1.807, 2.05) is 46.2 Å². The topological polar surface area (TPSA) is 62.3 Å². The maximum absolute atomic E-state index is 13.5. The monoisotopic (exact) mass is 581 g/mol. The van der Waals surface area contributed by atoms with Gasteiger partial charge in [-0.05, 0) is 48.5 Å². The van der Waals surface area contributed by atoms with Crippen LogP contribution in [0.1, 0.15) is 26.3 Å². The Morgan fingerprint density at radius 3 is 2.25 bits per heavy atom. The summed E-state index contributed by atoms with van der Waals surface area (Å²) in [6.45, 7) is 4.31. The normalized spacial score (nSPS) is 13.8. The molecule has 7 nitrogen and oxygen atoms in total. The molecule has 1 aliphatic rings. The van der Waals surface area contributed by atoms with Crippen LogP contribution in [0.15, 0.2) is 72.8 Å². The van der Waals surface area contributed by atoms with E-state index in [1.54, 1.807) is 56.7 Å². The first-order chi connectivity index (χ1) is 19.4. The van der Waals surface area contributed by atoms with E-state index in [1.165, 1.54) is 0 Å². The molecule has 40 heavy (non-hydrogen) atoms. The van der Waals surface area contributed by atoms with Gasteiger partial charge in [-0.25, -0.2) is 0 Å². The molecule has 1 fully saturated rings. The molecule has 2 amide bonds. The van der Waals surface area contributed by atoms with Gasteiger partial charge in [0, 0.05) is 62.5 Å². The van der Waals surface area contributed by atoms with Crippen LogP contribution < -0.4 is 9.47 Å². The molecule has 4 rings (SSSR count). The van der Waals surface area contributed by atoms with Crippen molar-refractivity contribution in [3.05, 3.63) is 99.5 Å². The maximum atomic E-state index is 13.5. The molecule has 0 saturated carbocycles. The largest absolute Gasteiger partial charge is 0.497 e. The molecule has 1 aliphatic heterocycles. The summed E-state index contributed by atoms with van der Waals surface area (Å²) in [4.78, 5) is 32.3. The average molecular weight is 583 g/mol. The van der Waals surface area contributed by atoms with Crippen molar-refractivity contribution in [2.24, 2.45) is 0 Å². The van der Waals surface area contributed by atoms with Crippen molar-refractivity contribution in [2.45, 2.75) is 0 Å². The first-order valence-electron chi connectivity index (χ1n) is 13.1. The lowest BCUT2D eigenvalue weighted by molar-refractivity contribution is 0.0609. The highest BCUT2D eigenvalue weighted by atomic mass is 35.5. The van der Waals surface area contributed by atoms with Crippen molar-refractivity contribution in [3.63, 3.8) is 0 Å². The maximum Gasteiger partial charge on any atom is 0.254 e. The Balaban J connectivity index is 1.38. The highest BCUT2D eigenvalue weighted by Crippen LogP contribution is 2.24. The third-order valence-corrected chi connectivity index (χ3v) is 7.64. The Labute approximate surface area is 245 Å². The number of para-hydroxylation sites is 1. The SMILES string of the molecule is COc1ccc(C(=O)N(C/C=C/c2ccccc2OC)CCN2CCN(C(=O)c3ccc(Cl)c(Cl)c3)CC2)cc1. The van der Waals surface area contributed by atoms with Gasteiger partial charge in [-0.3, -0.25) is 14.5 Å². The third kappa shape index (κ3) is 7.56. The van der Waals surface area contributed by atoms with Crippen LogP contribution in [0.5, 0.6) is 11.5 Å². The van der Waals surface area contributed by atoms with Gasteiger partial charge < -0.3 is 19.3 Å². The zero-order chi connectivity index (χ0) is 28.5. The lowest BCUT2D eigenvalue weighted by Gasteiger charge is -2.36. The molecule has 0 unspecified atom stereocenters. The summed E-state index contributed by atoms with van der Waals surface area (Å²) >= 11 is 12.1. The summed E-state index contributed by atoms with van der Waals surface area (Å²) < 4.78 is 10.7. The number of carbonyl (C=O) groups excluding carboxylic acids is 2. The number of amides is 2.